The fourth-order valence-corrected chi connectivity index (χ4v) is 5.04. The molecule has 3 N–H and O–H groups in total. The number of esters is 1. The molecule has 0 unspecified atom stereocenters. The number of rotatable bonds is 5. The Labute approximate surface area is 151 Å². The molecule has 0 atom stereocenters. The number of thiazole rings is 1. The van der Waals surface area contributed by atoms with Gasteiger partial charge in [-0.05, 0) is 37.6 Å². The van der Waals surface area contributed by atoms with Gasteiger partial charge in [0.25, 0.3) is 0 Å². The van der Waals surface area contributed by atoms with E-state index in [4.69, 9.17) is 15.5 Å². The average molecular weight is 381 g/mol. The van der Waals surface area contributed by atoms with E-state index in [1.54, 1.807) is 13.0 Å². The smallest absolute Gasteiger partial charge is 0.311 e. The Morgan fingerprint density at radius 1 is 1.29 bits per heavy atom. The van der Waals surface area contributed by atoms with Crippen molar-refractivity contribution in [3.05, 3.63) is 28.6 Å². The molecule has 3 aromatic rings. The first-order chi connectivity index (χ1) is 11.5. The van der Waals surface area contributed by atoms with Crippen LogP contribution in [-0.2, 0) is 16.0 Å². The van der Waals surface area contributed by atoms with Gasteiger partial charge in [0.1, 0.15) is 5.01 Å². The number of hydrogen-bond donors (Lipinski definition) is 2. The van der Waals surface area contributed by atoms with Gasteiger partial charge in [-0.15, -0.1) is 22.7 Å². The Morgan fingerprint density at radius 3 is 2.67 bits per heavy atom. The van der Waals surface area contributed by atoms with Crippen LogP contribution in [0.1, 0.15) is 17.4 Å². The van der Waals surface area contributed by atoms with Gasteiger partial charge >= 0.3 is 5.97 Å². The van der Waals surface area contributed by atoms with Crippen LogP contribution in [0.25, 0.3) is 20.5 Å². The summed E-state index contributed by atoms with van der Waals surface area (Å²) in [5.41, 5.74) is 7.69. The van der Waals surface area contributed by atoms with Gasteiger partial charge in [0, 0.05) is 4.88 Å². The minimum atomic E-state index is -0.281. The van der Waals surface area contributed by atoms with Gasteiger partial charge in [0.05, 0.1) is 33.5 Å². The summed E-state index contributed by atoms with van der Waals surface area (Å²) >= 11 is 4.18. The predicted octanol–water partition coefficient (Wildman–Crippen LogP) is 4.30. The molecule has 0 radical (unpaired) electrons. The molecule has 0 aliphatic carbocycles. The van der Waals surface area contributed by atoms with Crippen molar-refractivity contribution in [1.29, 1.82) is 0 Å². The second-order valence-electron chi connectivity index (χ2n) is 5.07. The van der Waals surface area contributed by atoms with Gasteiger partial charge in [-0.3, -0.25) is 4.79 Å². The topological polar surface area (TPSA) is 85.4 Å². The lowest BCUT2D eigenvalue weighted by Crippen LogP contribution is -2.06. The molecular weight excluding hydrogens is 364 g/mol. The van der Waals surface area contributed by atoms with Crippen LogP contribution in [-0.4, -0.2) is 22.7 Å². The monoisotopic (exact) mass is 380 g/mol. The Morgan fingerprint density at radius 2 is 2.08 bits per heavy atom. The Hall–Kier alpha value is -1.90. The number of aromatic nitrogens is 1. The standard InChI is InChI=1S/C16H16N2O3S3/c1-3-21-12(19)7-10-14(9-4-5-13(20)22-9)18-16(24-10)11-6-8(2)15(17)23-11/h4-6,20H,3,7,17H2,1-2H3. The number of carbonyl (C=O) groups is 1. The third-order valence-electron chi connectivity index (χ3n) is 3.30. The van der Waals surface area contributed by atoms with Crippen LogP contribution in [0, 0.1) is 6.92 Å². The third kappa shape index (κ3) is 3.45. The van der Waals surface area contributed by atoms with Gasteiger partial charge in [-0.1, -0.05) is 11.3 Å². The van der Waals surface area contributed by atoms with Crippen LogP contribution < -0.4 is 5.73 Å². The predicted molar refractivity (Wildman–Crippen MR) is 99.9 cm³/mol. The minimum absolute atomic E-state index is 0.166. The van der Waals surface area contributed by atoms with Crippen molar-refractivity contribution >= 4 is 45.0 Å². The summed E-state index contributed by atoms with van der Waals surface area (Å²) in [4.78, 5) is 19.2. The van der Waals surface area contributed by atoms with E-state index in [1.165, 1.54) is 34.0 Å². The molecule has 0 aromatic carbocycles. The van der Waals surface area contributed by atoms with E-state index < -0.39 is 0 Å². The molecule has 0 fully saturated rings. The maximum Gasteiger partial charge on any atom is 0.311 e. The van der Waals surface area contributed by atoms with Crippen molar-refractivity contribution in [2.24, 2.45) is 0 Å². The van der Waals surface area contributed by atoms with Gasteiger partial charge in [0.2, 0.25) is 0 Å². The highest BCUT2D eigenvalue weighted by Crippen LogP contribution is 2.41. The van der Waals surface area contributed by atoms with E-state index in [9.17, 15) is 9.90 Å². The first-order valence-electron chi connectivity index (χ1n) is 7.28. The summed E-state index contributed by atoms with van der Waals surface area (Å²) in [6.07, 6.45) is 0.166. The van der Waals surface area contributed by atoms with Crippen LogP contribution in [0.4, 0.5) is 5.00 Å². The molecule has 126 valence electrons. The van der Waals surface area contributed by atoms with Gasteiger partial charge < -0.3 is 15.6 Å². The van der Waals surface area contributed by atoms with Crippen LogP contribution in [0.15, 0.2) is 18.2 Å². The minimum Gasteiger partial charge on any atom is -0.499 e. The normalized spacial score (nSPS) is 10.9. The molecule has 0 saturated carbocycles. The van der Waals surface area contributed by atoms with Crippen molar-refractivity contribution in [2.45, 2.75) is 20.3 Å². The number of anilines is 1. The van der Waals surface area contributed by atoms with Crippen molar-refractivity contribution in [2.75, 3.05) is 12.3 Å². The molecular formula is C16H16N2O3S3. The number of nitrogens with zero attached hydrogens (tertiary/aromatic N) is 1. The first-order valence-corrected chi connectivity index (χ1v) is 9.73. The lowest BCUT2D eigenvalue weighted by molar-refractivity contribution is -0.142. The van der Waals surface area contributed by atoms with Gasteiger partial charge in [0.15, 0.2) is 5.06 Å². The number of hydrogen-bond acceptors (Lipinski definition) is 8. The number of carbonyl (C=O) groups excluding carboxylic acids is 1. The molecule has 3 aromatic heterocycles. The number of aryl methyl sites for hydroxylation is 1. The van der Waals surface area contributed by atoms with E-state index in [0.717, 1.165) is 35.9 Å². The van der Waals surface area contributed by atoms with Crippen LogP contribution in [0.5, 0.6) is 5.06 Å². The summed E-state index contributed by atoms with van der Waals surface area (Å²) in [6, 6.07) is 5.44. The fraction of sp³-hybridized carbons (Fsp3) is 0.250. The van der Waals surface area contributed by atoms with E-state index in [-0.39, 0.29) is 17.5 Å². The van der Waals surface area contributed by atoms with E-state index in [1.807, 2.05) is 19.1 Å². The SMILES string of the molecule is CCOC(=O)Cc1sc(-c2cc(C)c(N)s2)nc1-c1ccc(O)s1. The zero-order valence-corrected chi connectivity index (χ0v) is 15.6. The van der Waals surface area contributed by atoms with E-state index in [0.29, 0.717) is 6.61 Å². The maximum atomic E-state index is 11.9. The molecule has 0 spiro atoms. The number of thiophene rings is 2. The average Bonchev–Trinajstić information content (AvgIpc) is 3.20. The zero-order valence-electron chi connectivity index (χ0n) is 13.2. The summed E-state index contributed by atoms with van der Waals surface area (Å²) in [5, 5.41) is 11.4. The first kappa shape index (κ1) is 16.9. The highest BCUT2D eigenvalue weighted by molar-refractivity contribution is 7.24. The molecule has 0 bridgehead atoms. The molecule has 0 aliphatic rings. The van der Waals surface area contributed by atoms with Gasteiger partial charge in [-0.2, -0.15) is 0 Å². The summed E-state index contributed by atoms with van der Waals surface area (Å²) < 4.78 is 5.06. The van der Waals surface area contributed by atoms with Crippen molar-refractivity contribution in [3.63, 3.8) is 0 Å². The third-order valence-corrected chi connectivity index (χ3v) is 6.49. The molecule has 8 heteroatoms. The molecule has 3 heterocycles. The summed E-state index contributed by atoms with van der Waals surface area (Å²) in [6.45, 7) is 4.09. The van der Waals surface area contributed by atoms with E-state index >= 15 is 0 Å². The number of nitrogens with two attached hydrogens (primary N) is 1. The molecule has 3 rings (SSSR count). The molecule has 24 heavy (non-hydrogen) atoms. The molecule has 0 amide bonds. The van der Waals surface area contributed by atoms with Crippen LogP contribution in [0.2, 0.25) is 0 Å². The largest absolute Gasteiger partial charge is 0.499 e. The quantitative estimate of drug-likeness (QED) is 0.645. The highest BCUT2D eigenvalue weighted by atomic mass is 32.1. The molecule has 5 nitrogen and oxygen atoms in total. The second-order valence-corrected chi connectivity index (χ2v) is 8.30. The Balaban J connectivity index is 2.03. The fourth-order valence-electron chi connectivity index (χ4n) is 2.17. The van der Waals surface area contributed by atoms with Crippen molar-refractivity contribution in [1.82, 2.24) is 4.98 Å². The summed E-state index contributed by atoms with van der Waals surface area (Å²) in [7, 11) is 0. The summed E-state index contributed by atoms with van der Waals surface area (Å²) in [5.74, 6) is -0.281. The lowest BCUT2D eigenvalue weighted by atomic mass is 10.2. The highest BCUT2D eigenvalue weighted by Gasteiger charge is 2.20. The van der Waals surface area contributed by atoms with Crippen molar-refractivity contribution < 1.29 is 14.6 Å². The molecule has 0 saturated heterocycles. The number of nitrogen functional groups attached to an aromatic ring is 1. The maximum absolute atomic E-state index is 11.9. The molecule has 0 aliphatic heterocycles. The van der Waals surface area contributed by atoms with Crippen LogP contribution in [0.3, 0.4) is 0 Å². The van der Waals surface area contributed by atoms with Gasteiger partial charge in [-0.25, -0.2) is 4.98 Å². The van der Waals surface area contributed by atoms with Crippen molar-refractivity contribution in [3.8, 4) is 25.5 Å². The van der Waals surface area contributed by atoms with E-state index in [2.05, 4.69) is 0 Å². The Bertz CT molecular complexity index is 860. The lowest BCUT2D eigenvalue weighted by Gasteiger charge is -2.00. The zero-order chi connectivity index (χ0) is 17.3. The second kappa shape index (κ2) is 6.92. The Kier molecular flexibility index (Phi) is 4.88. The number of ether oxygens (including phenoxy) is 1. The van der Waals surface area contributed by atoms with Crippen LogP contribution >= 0.6 is 34.0 Å². The number of aromatic hydroxyl groups is 1.